The van der Waals surface area contributed by atoms with E-state index in [1.165, 1.54) is 0 Å². The predicted molar refractivity (Wildman–Crippen MR) is 79.7 cm³/mol. The van der Waals surface area contributed by atoms with Gasteiger partial charge in [-0.05, 0) is 31.9 Å². The molecular weight excluding hydrogens is 272 g/mol. The van der Waals surface area contributed by atoms with Crippen LogP contribution in [0.25, 0.3) is 0 Å². The molecule has 2 atom stereocenters. The molecule has 1 aromatic rings. The van der Waals surface area contributed by atoms with E-state index in [0.29, 0.717) is 36.8 Å². The van der Waals surface area contributed by atoms with Gasteiger partial charge in [0.15, 0.2) is 11.5 Å². The predicted octanol–water partition coefficient (Wildman–Crippen LogP) is 1.54. The lowest BCUT2D eigenvalue weighted by atomic mass is 10.2. The molecule has 0 spiro atoms. The summed E-state index contributed by atoms with van der Waals surface area (Å²) in [5.74, 6) is 1.08. The van der Waals surface area contributed by atoms with Crippen molar-refractivity contribution in [2.75, 3.05) is 25.6 Å². The molecule has 1 aliphatic heterocycles. The van der Waals surface area contributed by atoms with Crippen LogP contribution < -0.4 is 20.5 Å². The van der Waals surface area contributed by atoms with E-state index in [2.05, 4.69) is 5.32 Å². The number of carbonyl (C=O) groups excluding carboxylic acids is 1. The molecule has 1 aliphatic rings. The minimum absolute atomic E-state index is 0.0180. The van der Waals surface area contributed by atoms with Crippen LogP contribution in [0, 0.1) is 0 Å². The average Bonchev–Trinajstić information content (AvgIpc) is 2.97. The second-order valence-electron chi connectivity index (χ2n) is 4.85. The largest absolute Gasteiger partial charge is 0.493 e. The second-order valence-corrected chi connectivity index (χ2v) is 4.85. The zero-order valence-electron chi connectivity index (χ0n) is 12.4. The number of anilines is 1. The van der Waals surface area contributed by atoms with E-state index in [1.807, 2.05) is 6.92 Å². The number of ether oxygens (including phenoxy) is 3. The summed E-state index contributed by atoms with van der Waals surface area (Å²) in [6, 6.07) is 5.28. The minimum Gasteiger partial charge on any atom is -0.493 e. The molecule has 3 N–H and O–H groups in total. The van der Waals surface area contributed by atoms with E-state index in [4.69, 9.17) is 19.9 Å². The Labute approximate surface area is 124 Å². The molecule has 0 bridgehead atoms. The van der Waals surface area contributed by atoms with Crippen LogP contribution in [0.4, 0.5) is 5.69 Å². The monoisotopic (exact) mass is 294 g/mol. The van der Waals surface area contributed by atoms with Crippen LogP contribution in [0.15, 0.2) is 18.2 Å². The van der Waals surface area contributed by atoms with Crippen LogP contribution in [-0.2, 0) is 9.53 Å². The molecule has 2 rings (SSSR count). The van der Waals surface area contributed by atoms with E-state index in [9.17, 15) is 4.79 Å². The van der Waals surface area contributed by atoms with Gasteiger partial charge in [0.1, 0.15) is 6.10 Å². The summed E-state index contributed by atoms with van der Waals surface area (Å²) < 4.78 is 16.3. The third kappa shape index (κ3) is 3.86. The zero-order chi connectivity index (χ0) is 15.2. The molecule has 1 fully saturated rings. The lowest BCUT2D eigenvalue weighted by molar-refractivity contribution is -0.126. The summed E-state index contributed by atoms with van der Waals surface area (Å²) in [5, 5.41) is 2.84. The van der Waals surface area contributed by atoms with Crippen LogP contribution in [0.5, 0.6) is 11.5 Å². The zero-order valence-corrected chi connectivity index (χ0v) is 12.4. The highest BCUT2D eigenvalue weighted by Crippen LogP contribution is 2.30. The highest BCUT2D eigenvalue weighted by Gasteiger charge is 2.29. The van der Waals surface area contributed by atoms with Crippen LogP contribution in [0.1, 0.15) is 19.8 Å². The lowest BCUT2D eigenvalue weighted by Crippen LogP contribution is -2.29. The molecule has 1 amide bonds. The fourth-order valence-electron chi connectivity index (χ4n) is 2.32. The highest BCUT2D eigenvalue weighted by atomic mass is 16.5. The Kier molecular flexibility index (Phi) is 5.41. The molecule has 116 valence electrons. The lowest BCUT2D eigenvalue weighted by Gasteiger charge is -2.14. The summed E-state index contributed by atoms with van der Waals surface area (Å²) in [6.07, 6.45) is 1.07. The average molecular weight is 294 g/mol. The van der Waals surface area contributed by atoms with E-state index < -0.39 is 6.10 Å². The topological polar surface area (TPSA) is 82.8 Å². The third-order valence-electron chi connectivity index (χ3n) is 3.39. The van der Waals surface area contributed by atoms with Gasteiger partial charge >= 0.3 is 0 Å². The van der Waals surface area contributed by atoms with Crippen molar-refractivity contribution in [2.45, 2.75) is 32.0 Å². The molecule has 1 heterocycles. The normalized spacial score (nSPS) is 21.1. The van der Waals surface area contributed by atoms with Crippen molar-refractivity contribution in [1.29, 1.82) is 0 Å². The molecule has 0 saturated carbocycles. The van der Waals surface area contributed by atoms with Gasteiger partial charge in [-0.25, -0.2) is 0 Å². The number of hydrogen-bond acceptors (Lipinski definition) is 5. The summed E-state index contributed by atoms with van der Waals surface area (Å²) >= 11 is 0. The number of nitrogens with one attached hydrogen (secondary N) is 1. The van der Waals surface area contributed by atoms with Crippen molar-refractivity contribution in [3.63, 3.8) is 0 Å². The number of hydrogen-bond donors (Lipinski definition) is 2. The Bertz CT molecular complexity index is 493. The first-order valence-electron chi connectivity index (χ1n) is 7.15. The smallest absolute Gasteiger partial charge is 0.253 e. The Balaban J connectivity index is 2.02. The summed E-state index contributed by atoms with van der Waals surface area (Å²) in [7, 11) is 1.58. The Hall–Kier alpha value is -1.79. The fraction of sp³-hybridized carbons (Fsp3) is 0.533. The molecule has 0 aromatic heterocycles. The molecule has 6 heteroatoms. The minimum atomic E-state index is -0.434. The number of methoxy groups -OCH3 is 1. The van der Waals surface area contributed by atoms with Gasteiger partial charge in [0.25, 0.3) is 5.91 Å². The van der Waals surface area contributed by atoms with Crippen LogP contribution in [0.3, 0.4) is 0 Å². The Morgan fingerprint density at radius 2 is 2.24 bits per heavy atom. The number of nitrogens with two attached hydrogens (primary N) is 1. The molecule has 21 heavy (non-hydrogen) atoms. The van der Waals surface area contributed by atoms with E-state index in [0.717, 1.165) is 6.42 Å². The van der Waals surface area contributed by atoms with Gasteiger partial charge < -0.3 is 25.3 Å². The number of amides is 1. The van der Waals surface area contributed by atoms with Crippen LogP contribution in [0.2, 0.25) is 0 Å². The Morgan fingerprint density at radius 1 is 1.43 bits per heavy atom. The summed E-state index contributed by atoms with van der Waals surface area (Å²) in [4.78, 5) is 12.2. The number of rotatable bonds is 6. The standard InChI is InChI=1S/C15H22N2O4/c1-3-20-14-8-10(4-6-12(14)19-2)17-15(18)13-7-5-11(9-16)21-13/h4,6,8,11,13H,3,5,7,9,16H2,1-2H3,(H,17,18). The molecule has 1 aromatic carbocycles. The third-order valence-corrected chi connectivity index (χ3v) is 3.39. The molecule has 1 saturated heterocycles. The van der Waals surface area contributed by atoms with Gasteiger partial charge in [-0.1, -0.05) is 0 Å². The van der Waals surface area contributed by atoms with Crippen molar-refractivity contribution >= 4 is 11.6 Å². The number of carbonyl (C=O) groups is 1. The van der Waals surface area contributed by atoms with Crippen molar-refractivity contribution < 1.29 is 19.0 Å². The van der Waals surface area contributed by atoms with Gasteiger partial charge in [0.2, 0.25) is 0 Å². The molecule has 0 aliphatic carbocycles. The van der Waals surface area contributed by atoms with Gasteiger partial charge in [-0.15, -0.1) is 0 Å². The van der Waals surface area contributed by atoms with E-state index >= 15 is 0 Å². The van der Waals surface area contributed by atoms with E-state index in [-0.39, 0.29) is 12.0 Å². The number of benzene rings is 1. The summed E-state index contributed by atoms with van der Waals surface area (Å²) in [5.41, 5.74) is 6.20. The first kappa shape index (κ1) is 15.6. The van der Waals surface area contributed by atoms with E-state index in [1.54, 1.807) is 25.3 Å². The molecule has 0 radical (unpaired) electrons. The second kappa shape index (κ2) is 7.28. The van der Waals surface area contributed by atoms with Gasteiger partial charge in [0.05, 0.1) is 19.8 Å². The summed E-state index contributed by atoms with van der Waals surface area (Å²) in [6.45, 7) is 2.86. The first-order chi connectivity index (χ1) is 10.2. The first-order valence-corrected chi connectivity index (χ1v) is 7.15. The SMILES string of the molecule is CCOc1cc(NC(=O)C2CCC(CN)O2)ccc1OC. The molecule has 2 unspecified atom stereocenters. The van der Waals surface area contributed by atoms with Crippen molar-refractivity contribution in [3.05, 3.63) is 18.2 Å². The maximum absolute atomic E-state index is 12.2. The van der Waals surface area contributed by atoms with Crippen LogP contribution in [-0.4, -0.2) is 38.4 Å². The van der Waals surface area contributed by atoms with Crippen molar-refractivity contribution in [1.82, 2.24) is 0 Å². The van der Waals surface area contributed by atoms with Crippen molar-refractivity contribution in [2.24, 2.45) is 5.73 Å². The fourth-order valence-corrected chi connectivity index (χ4v) is 2.32. The Morgan fingerprint density at radius 3 is 2.86 bits per heavy atom. The van der Waals surface area contributed by atoms with Gasteiger partial charge in [-0.2, -0.15) is 0 Å². The maximum atomic E-state index is 12.2. The van der Waals surface area contributed by atoms with Crippen molar-refractivity contribution in [3.8, 4) is 11.5 Å². The quantitative estimate of drug-likeness (QED) is 0.831. The van der Waals surface area contributed by atoms with Gasteiger partial charge in [-0.3, -0.25) is 4.79 Å². The highest BCUT2D eigenvalue weighted by molar-refractivity contribution is 5.94. The molecular formula is C15H22N2O4. The molecule has 6 nitrogen and oxygen atoms in total. The maximum Gasteiger partial charge on any atom is 0.253 e. The van der Waals surface area contributed by atoms with Gasteiger partial charge in [0, 0.05) is 18.3 Å². The van der Waals surface area contributed by atoms with Crippen LogP contribution >= 0.6 is 0 Å².